The molecule has 4 heteroatoms. The predicted molar refractivity (Wildman–Crippen MR) is 63.3 cm³/mol. The van der Waals surface area contributed by atoms with Gasteiger partial charge in [-0.3, -0.25) is 0 Å². The lowest BCUT2D eigenvalue weighted by molar-refractivity contribution is 0.164. The number of benzene rings is 1. The van der Waals surface area contributed by atoms with Crippen LogP contribution in [-0.4, -0.2) is 38.7 Å². The second-order valence-electron chi connectivity index (χ2n) is 3.86. The minimum Gasteiger partial charge on any atom is -0.453 e. The van der Waals surface area contributed by atoms with Crippen LogP contribution < -0.4 is 5.32 Å². The molecule has 1 atom stereocenters. The van der Waals surface area contributed by atoms with Crippen molar-refractivity contribution in [3.63, 3.8) is 0 Å². The zero-order valence-corrected chi connectivity index (χ0v) is 9.93. The summed E-state index contributed by atoms with van der Waals surface area (Å²) in [6.07, 6.45) is -0.407. The highest BCUT2D eigenvalue weighted by Crippen LogP contribution is 2.13. The van der Waals surface area contributed by atoms with Gasteiger partial charge in [-0.15, -0.1) is 0 Å². The Bertz CT molecular complexity index is 325. The zero-order chi connectivity index (χ0) is 12.0. The number of hydrogen-bond donors (Lipinski definition) is 1. The molecule has 0 aliphatic carbocycles. The molecule has 0 saturated carbocycles. The molecule has 0 aromatic heterocycles. The molecule has 1 N–H and O–H groups in total. The summed E-state index contributed by atoms with van der Waals surface area (Å²) in [6, 6.07) is 9.79. The second kappa shape index (κ2) is 6.12. The van der Waals surface area contributed by atoms with Crippen molar-refractivity contribution in [2.45, 2.75) is 6.04 Å². The van der Waals surface area contributed by atoms with Crippen LogP contribution >= 0.6 is 0 Å². The highest BCUT2D eigenvalue weighted by molar-refractivity contribution is 5.67. The largest absolute Gasteiger partial charge is 0.453 e. The van der Waals surface area contributed by atoms with Gasteiger partial charge in [0, 0.05) is 6.54 Å². The summed E-state index contributed by atoms with van der Waals surface area (Å²) in [5.41, 5.74) is 1.07. The van der Waals surface area contributed by atoms with Crippen molar-refractivity contribution in [2.75, 3.05) is 27.7 Å². The van der Waals surface area contributed by atoms with Gasteiger partial charge in [-0.2, -0.15) is 0 Å². The quantitative estimate of drug-likeness (QED) is 0.842. The van der Waals surface area contributed by atoms with E-state index in [4.69, 9.17) is 0 Å². The molecule has 1 unspecified atom stereocenters. The standard InChI is InChI=1S/C12H18N2O2/c1-14(2)9-11(13-12(15)16-3)10-7-5-4-6-8-10/h4-8,11H,9H2,1-3H3,(H,13,15). The third kappa shape index (κ3) is 3.90. The average Bonchev–Trinajstić information content (AvgIpc) is 2.28. The number of amides is 1. The molecule has 0 heterocycles. The number of carbonyl (C=O) groups excluding carboxylic acids is 1. The molecule has 4 nitrogen and oxygen atoms in total. The number of alkyl carbamates (subject to hydrolysis) is 1. The third-order valence-electron chi connectivity index (χ3n) is 2.23. The molecule has 0 radical (unpaired) electrons. The lowest BCUT2D eigenvalue weighted by atomic mass is 10.1. The summed E-state index contributed by atoms with van der Waals surface area (Å²) in [6.45, 7) is 0.735. The van der Waals surface area contributed by atoms with Crippen LogP contribution in [0.5, 0.6) is 0 Å². The summed E-state index contributed by atoms with van der Waals surface area (Å²) >= 11 is 0. The lowest BCUT2D eigenvalue weighted by Crippen LogP contribution is -2.35. The smallest absolute Gasteiger partial charge is 0.407 e. The van der Waals surface area contributed by atoms with E-state index in [9.17, 15) is 4.79 Å². The van der Waals surface area contributed by atoms with Crippen LogP contribution in [0, 0.1) is 0 Å². The Balaban J connectivity index is 2.75. The SMILES string of the molecule is COC(=O)NC(CN(C)C)c1ccccc1. The predicted octanol–water partition coefficient (Wildman–Crippen LogP) is 1.65. The van der Waals surface area contributed by atoms with Crippen LogP contribution in [0.4, 0.5) is 4.79 Å². The molecule has 16 heavy (non-hydrogen) atoms. The molecule has 0 saturated heterocycles. The van der Waals surface area contributed by atoms with Crippen LogP contribution in [0.3, 0.4) is 0 Å². The molecule has 0 bridgehead atoms. The van der Waals surface area contributed by atoms with Gasteiger partial charge >= 0.3 is 6.09 Å². The minimum absolute atomic E-state index is 0.0522. The molecule has 0 aliphatic heterocycles. The molecule has 1 aromatic rings. The van der Waals surface area contributed by atoms with E-state index >= 15 is 0 Å². The second-order valence-corrected chi connectivity index (χ2v) is 3.86. The van der Waals surface area contributed by atoms with E-state index in [0.717, 1.165) is 12.1 Å². The fraction of sp³-hybridized carbons (Fsp3) is 0.417. The first kappa shape index (κ1) is 12.5. The molecule has 1 aromatic carbocycles. The maximum atomic E-state index is 11.2. The van der Waals surface area contributed by atoms with Gasteiger partial charge in [0.25, 0.3) is 0 Å². The van der Waals surface area contributed by atoms with Crippen molar-refractivity contribution in [2.24, 2.45) is 0 Å². The Morgan fingerprint density at radius 3 is 2.50 bits per heavy atom. The van der Waals surface area contributed by atoms with Crippen molar-refractivity contribution >= 4 is 6.09 Å². The van der Waals surface area contributed by atoms with Crippen molar-refractivity contribution in [1.82, 2.24) is 10.2 Å². The van der Waals surface area contributed by atoms with Gasteiger partial charge in [0.2, 0.25) is 0 Å². The molecular weight excluding hydrogens is 204 g/mol. The number of ether oxygens (including phenoxy) is 1. The Morgan fingerprint density at radius 1 is 1.38 bits per heavy atom. The van der Waals surface area contributed by atoms with Crippen LogP contribution in [0.2, 0.25) is 0 Å². The third-order valence-corrected chi connectivity index (χ3v) is 2.23. The monoisotopic (exact) mass is 222 g/mol. The maximum Gasteiger partial charge on any atom is 0.407 e. The summed E-state index contributed by atoms with van der Waals surface area (Å²) in [5.74, 6) is 0. The number of likely N-dealkylation sites (N-methyl/N-ethyl adjacent to an activating group) is 1. The van der Waals surface area contributed by atoms with E-state index in [1.54, 1.807) is 0 Å². The Labute approximate surface area is 96.2 Å². The lowest BCUT2D eigenvalue weighted by Gasteiger charge is -2.22. The van der Waals surface area contributed by atoms with Gasteiger partial charge in [-0.1, -0.05) is 30.3 Å². The summed E-state index contributed by atoms with van der Waals surface area (Å²) < 4.78 is 4.62. The number of nitrogens with zero attached hydrogens (tertiary/aromatic N) is 1. The molecule has 1 rings (SSSR count). The fourth-order valence-corrected chi connectivity index (χ4v) is 1.49. The number of nitrogens with one attached hydrogen (secondary N) is 1. The van der Waals surface area contributed by atoms with Gasteiger partial charge in [-0.25, -0.2) is 4.79 Å². The van der Waals surface area contributed by atoms with Crippen LogP contribution in [0.15, 0.2) is 30.3 Å². The minimum atomic E-state index is -0.407. The van der Waals surface area contributed by atoms with E-state index in [1.165, 1.54) is 7.11 Å². The topological polar surface area (TPSA) is 41.6 Å². The highest BCUT2D eigenvalue weighted by atomic mass is 16.5. The van der Waals surface area contributed by atoms with E-state index < -0.39 is 6.09 Å². The Morgan fingerprint density at radius 2 is 2.00 bits per heavy atom. The van der Waals surface area contributed by atoms with Crippen LogP contribution in [0.25, 0.3) is 0 Å². The molecule has 0 fully saturated rings. The van der Waals surface area contributed by atoms with E-state index in [0.29, 0.717) is 0 Å². The average molecular weight is 222 g/mol. The first-order valence-electron chi connectivity index (χ1n) is 5.17. The van der Waals surface area contributed by atoms with E-state index in [2.05, 4.69) is 10.1 Å². The van der Waals surface area contributed by atoms with Crippen molar-refractivity contribution in [1.29, 1.82) is 0 Å². The fourth-order valence-electron chi connectivity index (χ4n) is 1.49. The summed E-state index contributed by atoms with van der Waals surface area (Å²) in [4.78, 5) is 13.2. The normalized spacial score (nSPS) is 12.2. The number of hydrogen-bond acceptors (Lipinski definition) is 3. The number of rotatable bonds is 4. The first-order valence-corrected chi connectivity index (χ1v) is 5.17. The van der Waals surface area contributed by atoms with E-state index in [1.807, 2.05) is 49.3 Å². The van der Waals surface area contributed by atoms with Crippen molar-refractivity contribution in [3.8, 4) is 0 Å². The molecular formula is C12H18N2O2. The Kier molecular flexibility index (Phi) is 4.79. The maximum absolute atomic E-state index is 11.2. The molecule has 88 valence electrons. The summed E-state index contributed by atoms with van der Waals surface area (Å²) in [5, 5.41) is 2.81. The zero-order valence-electron chi connectivity index (χ0n) is 9.93. The highest BCUT2D eigenvalue weighted by Gasteiger charge is 2.15. The first-order chi connectivity index (χ1) is 7.63. The van der Waals surface area contributed by atoms with Gasteiger partial charge in [-0.05, 0) is 19.7 Å². The van der Waals surface area contributed by atoms with E-state index in [-0.39, 0.29) is 6.04 Å². The summed E-state index contributed by atoms with van der Waals surface area (Å²) in [7, 11) is 5.30. The van der Waals surface area contributed by atoms with Gasteiger partial charge in [0.05, 0.1) is 13.2 Å². The van der Waals surface area contributed by atoms with Crippen molar-refractivity contribution < 1.29 is 9.53 Å². The number of methoxy groups -OCH3 is 1. The number of carbonyl (C=O) groups is 1. The van der Waals surface area contributed by atoms with Crippen molar-refractivity contribution in [3.05, 3.63) is 35.9 Å². The van der Waals surface area contributed by atoms with Gasteiger partial charge < -0.3 is 15.0 Å². The van der Waals surface area contributed by atoms with Gasteiger partial charge in [0.1, 0.15) is 0 Å². The Hall–Kier alpha value is -1.55. The van der Waals surface area contributed by atoms with Gasteiger partial charge in [0.15, 0.2) is 0 Å². The molecule has 0 spiro atoms. The molecule has 1 amide bonds. The van der Waals surface area contributed by atoms with Crippen LogP contribution in [0.1, 0.15) is 11.6 Å². The molecule has 0 aliphatic rings. The van der Waals surface area contributed by atoms with Crippen LogP contribution in [-0.2, 0) is 4.74 Å².